The number of carbonyl (C=O) groups is 4. The molecule has 0 radical (unpaired) electrons. The molecule has 2 N–H and O–H groups in total. The van der Waals surface area contributed by atoms with Gasteiger partial charge in [0.2, 0.25) is 23.3 Å². The van der Waals surface area contributed by atoms with Crippen molar-refractivity contribution >= 4 is 68.2 Å². The Bertz CT molecular complexity index is 2590. The molecule has 6 aromatic rings. The molecule has 0 bridgehead atoms. The normalized spacial score (nSPS) is 13.3. The maximum atomic E-state index is 13.5. The zero-order chi connectivity index (χ0) is 35.4. The second-order valence-electron chi connectivity index (χ2n) is 11.8. The van der Waals surface area contributed by atoms with Crippen LogP contribution in [-0.4, -0.2) is 61.0 Å². The molecule has 8 rings (SSSR count). The van der Waals surface area contributed by atoms with E-state index < -0.39 is 23.7 Å². The number of ketones is 2. The van der Waals surface area contributed by atoms with Gasteiger partial charge in [0.25, 0.3) is 0 Å². The molecule has 0 saturated heterocycles. The predicted molar refractivity (Wildman–Crippen MR) is 188 cm³/mol. The summed E-state index contributed by atoms with van der Waals surface area (Å²) in [6.45, 7) is 3.11. The minimum Gasteiger partial charge on any atom is -0.494 e. The summed E-state index contributed by atoms with van der Waals surface area (Å²) in [5.41, 5.74) is 3.25. The standard InChI is InChI=1S/C39H26N4O8/c1-2-17-50-39(49)43-29-14-8-5-11-25(29)32(38(43)48)34-36(46)23-16-15-21(18-27(23)41-34)19-30(44)51-20-42-28-13-7-4-10-24(28)31(37(42)47)33-35(45)22-9-3-6-12-26(22)40-33/h2-16,18,47-48H,1,17,19-20H2. The summed E-state index contributed by atoms with van der Waals surface area (Å²) in [7, 11) is 0. The highest BCUT2D eigenvalue weighted by atomic mass is 16.6. The van der Waals surface area contributed by atoms with Gasteiger partial charge in [-0.2, -0.15) is 0 Å². The van der Waals surface area contributed by atoms with E-state index in [-0.39, 0.29) is 65.2 Å². The molecule has 4 heterocycles. The van der Waals surface area contributed by atoms with Gasteiger partial charge in [0.05, 0.1) is 40.0 Å². The van der Waals surface area contributed by atoms with Gasteiger partial charge >= 0.3 is 12.1 Å². The number of hydrogen-bond acceptors (Lipinski definition) is 10. The summed E-state index contributed by atoms with van der Waals surface area (Å²) in [6, 6.07) is 25.4. The van der Waals surface area contributed by atoms with E-state index in [0.29, 0.717) is 38.6 Å². The quantitative estimate of drug-likeness (QED) is 0.135. The van der Waals surface area contributed by atoms with Crippen molar-refractivity contribution in [3.8, 4) is 11.8 Å². The lowest BCUT2D eigenvalue weighted by molar-refractivity contribution is -0.146. The average Bonchev–Trinajstić information content (AvgIpc) is 3.82. The van der Waals surface area contributed by atoms with Gasteiger partial charge in [0, 0.05) is 21.9 Å². The van der Waals surface area contributed by atoms with Gasteiger partial charge in [-0.05, 0) is 42.0 Å². The molecule has 2 aliphatic rings. The molecule has 12 nitrogen and oxygen atoms in total. The van der Waals surface area contributed by atoms with Crippen molar-refractivity contribution in [2.75, 3.05) is 6.61 Å². The lowest BCUT2D eigenvalue weighted by Gasteiger charge is -2.09. The zero-order valence-electron chi connectivity index (χ0n) is 26.7. The first-order valence-electron chi connectivity index (χ1n) is 15.8. The number of rotatable bonds is 8. The molecule has 250 valence electrons. The monoisotopic (exact) mass is 678 g/mol. The number of nitrogens with zero attached hydrogens (tertiary/aromatic N) is 4. The number of benzene rings is 4. The molecule has 0 atom stereocenters. The molecule has 0 aliphatic carbocycles. The highest BCUT2D eigenvalue weighted by molar-refractivity contribution is 6.57. The third kappa shape index (κ3) is 5.00. The summed E-state index contributed by atoms with van der Waals surface area (Å²) in [6.07, 6.45) is 0.371. The zero-order valence-corrected chi connectivity index (χ0v) is 26.7. The first kappa shape index (κ1) is 31.2. The second-order valence-corrected chi connectivity index (χ2v) is 11.8. The molecule has 0 spiro atoms. The lowest BCUT2D eigenvalue weighted by Crippen LogP contribution is -2.15. The Morgan fingerprint density at radius 1 is 0.725 bits per heavy atom. The Hall–Kier alpha value is -7.08. The first-order chi connectivity index (χ1) is 24.8. The predicted octanol–water partition coefficient (Wildman–Crippen LogP) is 6.56. The van der Waals surface area contributed by atoms with Crippen LogP contribution in [0.15, 0.2) is 114 Å². The van der Waals surface area contributed by atoms with Crippen LogP contribution in [0, 0.1) is 0 Å². The molecule has 0 fully saturated rings. The van der Waals surface area contributed by atoms with E-state index in [1.807, 2.05) is 0 Å². The average molecular weight is 679 g/mol. The molecule has 0 amide bonds. The topological polar surface area (TPSA) is 162 Å². The van der Waals surface area contributed by atoms with E-state index in [1.165, 1.54) is 10.6 Å². The molecule has 0 unspecified atom stereocenters. The van der Waals surface area contributed by atoms with Gasteiger partial charge in [-0.15, -0.1) is 0 Å². The summed E-state index contributed by atoms with van der Waals surface area (Å²) < 4.78 is 13.1. The van der Waals surface area contributed by atoms with Crippen LogP contribution in [0.3, 0.4) is 0 Å². The Labute approximate surface area is 288 Å². The van der Waals surface area contributed by atoms with Crippen molar-refractivity contribution in [1.29, 1.82) is 0 Å². The molecule has 4 aromatic carbocycles. The number of ether oxygens (including phenoxy) is 2. The van der Waals surface area contributed by atoms with Gasteiger partial charge in [-0.1, -0.05) is 67.3 Å². The van der Waals surface area contributed by atoms with Crippen LogP contribution in [0.1, 0.15) is 37.4 Å². The van der Waals surface area contributed by atoms with Crippen LogP contribution in [0.25, 0.3) is 21.8 Å². The van der Waals surface area contributed by atoms with Crippen molar-refractivity contribution in [1.82, 2.24) is 9.13 Å². The van der Waals surface area contributed by atoms with Crippen molar-refractivity contribution in [3.05, 3.63) is 131 Å². The number of aliphatic imine (C=N–C) groups is 2. The number of para-hydroxylation sites is 3. The van der Waals surface area contributed by atoms with Crippen molar-refractivity contribution < 1.29 is 38.9 Å². The van der Waals surface area contributed by atoms with Crippen LogP contribution in [0.2, 0.25) is 0 Å². The van der Waals surface area contributed by atoms with Gasteiger partial charge in [0.1, 0.15) is 18.0 Å². The summed E-state index contributed by atoms with van der Waals surface area (Å²) in [5, 5.41) is 23.5. The number of fused-ring (bicyclic) bond motifs is 4. The minimum atomic E-state index is -0.844. The number of esters is 1. The molecule has 2 aliphatic heterocycles. The van der Waals surface area contributed by atoms with E-state index >= 15 is 0 Å². The fraction of sp³-hybridized carbons (Fsp3) is 0.0769. The summed E-state index contributed by atoms with van der Waals surface area (Å²) >= 11 is 0. The van der Waals surface area contributed by atoms with Crippen LogP contribution in [-0.2, 0) is 27.4 Å². The van der Waals surface area contributed by atoms with E-state index in [2.05, 4.69) is 16.6 Å². The van der Waals surface area contributed by atoms with Crippen LogP contribution in [0.5, 0.6) is 11.8 Å². The van der Waals surface area contributed by atoms with E-state index in [4.69, 9.17) is 9.47 Å². The molecule has 2 aromatic heterocycles. The van der Waals surface area contributed by atoms with Gasteiger partial charge < -0.3 is 19.7 Å². The van der Waals surface area contributed by atoms with Crippen LogP contribution < -0.4 is 0 Å². The third-order valence-corrected chi connectivity index (χ3v) is 8.83. The van der Waals surface area contributed by atoms with Crippen LogP contribution >= 0.6 is 0 Å². The number of carbonyl (C=O) groups excluding carboxylic acids is 4. The van der Waals surface area contributed by atoms with Crippen molar-refractivity contribution in [2.45, 2.75) is 13.2 Å². The van der Waals surface area contributed by atoms with Gasteiger partial charge in [0.15, 0.2) is 6.73 Å². The Morgan fingerprint density at radius 2 is 1.33 bits per heavy atom. The van der Waals surface area contributed by atoms with E-state index in [9.17, 15) is 29.4 Å². The fourth-order valence-corrected chi connectivity index (χ4v) is 6.52. The number of aromatic hydroxyl groups is 2. The summed E-state index contributed by atoms with van der Waals surface area (Å²) in [4.78, 5) is 61.6. The molecule has 12 heteroatoms. The SMILES string of the molecule is C=CCOC(=O)n1c(O)c(C2=Nc3cc(CC(=O)OCn4c(O)c(C5=Nc6ccccc6C5=O)c5ccccc54)ccc3C2=O)c2ccccc21. The number of aromatic nitrogens is 2. The third-order valence-electron chi connectivity index (χ3n) is 8.83. The summed E-state index contributed by atoms with van der Waals surface area (Å²) in [5.74, 6) is -2.15. The molecule has 0 saturated carbocycles. The minimum absolute atomic E-state index is 0.0621. The molecular weight excluding hydrogens is 652 g/mol. The highest BCUT2D eigenvalue weighted by Crippen LogP contribution is 2.39. The van der Waals surface area contributed by atoms with E-state index in [0.717, 1.165) is 4.57 Å². The Morgan fingerprint density at radius 3 is 2.06 bits per heavy atom. The van der Waals surface area contributed by atoms with Crippen molar-refractivity contribution in [2.24, 2.45) is 9.98 Å². The Balaban J connectivity index is 1.04. The molecular formula is C39H26N4O8. The maximum absolute atomic E-state index is 13.5. The fourth-order valence-electron chi connectivity index (χ4n) is 6.52. The first-order valence-corrected chi connectivity index (χ1v) is 15.8. The maximum Gasteiger partial charge on any atom is 0.421 e. The largest absolute Gasteiger partial charge is 0.494 e. The van der Waals surface area contributed by atoms with Crippen LogP contribution in [0.4, 0.5) is 16.2 Å². The van der Waals surface area contributed by atoms with Crippen molar-refractivity contribution in [3.63, 3.8) is 0 Å². The molecule has 51 heavy (non-hydrogen) atoms. The van der Waals surface area contributed by atoms with Gasteiger partial charge in [-0.25, -0.2) is 19.3 Å². The Kier molecular flexibility index (Phi) is 7.41. The highest BCUT2D eigenvalue weighted by Gasteiger charge is 2.34. The van der Waals surface area contributed by atoms with Gasteiger partial charge in [-0.3, -0.25) is 19.0 Å². The second kappa shape index (κ2) is 12.1. The smallest absolute Gasteiger partial charge is 0.421 e. The number of hydrogen-bond donors (Lipinski definition) is 2. The number of Topliss-reactive ketones (excluding diaryl/α,β-unsaturated/α-hetero) is 2. The lowest BCUT2D eigenvalue weighted by atomic mass is 10.0. The van der Waals surface area contributed by atoms with E-state index in [1.54, 1.807) is 91.0 Å².